The number of aliphatic hydroxyl groups excluding tert-OH is 1. The molecule has 49 heavy (non-hydrogen) atoms. The lowest BCUT2D eigenvalue weighted by atomic mass is 10.0. The highest BCUT2D eigenvalue weighted by atomic mass is 16.6. The number of hydrogen-bond acceptors (Lipinski definition) is 4. The van der Waals surface area contributed by atoms with E-state index in [0.29, 0.717) is 19.6 Å². The number of aliphatic hydroxyl groups is 1. The minimum atomic E-state index is -0.535. The largest absolute Gasteiger partial charge is 0.457 e. The lowest BCUT2D eigenvalue weighted by Crippen LogP contribution is -2.27. The summed E-state index contributed by atoms with van der Waals surface area (Å²) in [6.45, 7) is 5.33. The molecule has 0 aromatic carbocycles. The van der Waals surface area contributed by atoms with Gasteiger partial charge in [-0.05, 0) is 44.9 Å². The molecule has 0 aromatic rings. The number of allylic oxidation sites excluding steroid dienone is 4. The van der Waals surface area contributed by atoms with E-state index in [0.717, 1.165) is 25.7 Å². The minimum absolute atomic E-state index is 0.172. The molecule has 0 saturated carbocycles. The molecule has 0 fully saturated rings. The molecule has 0 radical (unpaired) electrons. The Morgan fingerprint density at radius 2 is 0.857 bits per heavy atom. The third-order valence-corrected chi connectivity index (χ3v) is 9.78. The molecule has 0 amide bonds. The Morgan fingerprint density at radius 1 is 0.490 bits per heavy atom. The zero-order valence-electron chi connectivity index (χ0n) is 33.2. The number of carbonyl (C=O) groups excluding carboxylic acids is 1. The van der Waals surface area contributed by atoms with E-state index < -0.39 is 6.10 Å². The zero-order valence-corrected chi connectivity index (χ0v) is 33.2. The highest BCUT2D eigenvalue weighted by Gasteiger charge is 2.13. The Labute approximate surface area is 307 Å². The summed E-state index contributed by atoms with van der Waals surface area (Å²) in [5.74, 6) is -0.200. The third-order valence-electron chi connectivity index (χ3n) is 9.78. The molecule has 4 nitrogen and oxygen atoms in total. The highest BCUT2D eigenvalue weighted by molar-refractivity contribution is 5.69. The van der Waals surface area contributed by atoms with Gasteiger partial charge in [0.2, 0.25) is 0 Å². The number of carbonyl (C=O) groups is 1. The second kappa shape index (κ2) is 43.0. The van der Waals surface area contributed by atoms with Crippen molar-refractivity contribution in [2.24, 2.45) is 0 Å². The molecule has 0 aliphatic rings. The fourth-order valence-electron chi connectivity index (χ4n) is 6.48. The van der Waals surface area contributed by atoms with Crippen LogP contribution in [-0.2, 0) is 14.3 Å². The van der Waals surface area contributed by atoms with Gasteiger partial charge in [-0.15, -0.1) is 0 Å². The second-order valence-corrected chi connectivity index (χ2v) is 14.8. The summed E-state index contributed by atoms with van der Waals surface area (Å²) >= 11 is 0. The van der Waals surface area contributed by atoms with Crippen molar-refractivity contribution in [1.29, 1.82) is 0 Å². The summed E-state index contributed by atoms with van der Waals surface area (Å²) < 4.78 is 11.2. The molecule has 0 heterocycles. The van der Waals surface area contributed by atoms with E-state index in [1.165, 1.54) is 186 Å². The van der Waals surface area contributed by atoms with Crippen LogP contribution in [-0.4, -0.2) is 37.0 Å². The summed E-state index contributed by atoms with van der Waals surface area (Å²) in [6, 6.07) is 0. The van der Waals surface area contributed by atoms with E-state index in [1.54, 1.807) is 0 Å². The summed E-state index contributed by atoms with van der Waals surface area (Å²) in [6.07, 6.45) is 52.4. The van der Waals surface area contributed by atoms with Crippen molar-refractivity contribution < 1.29 is 19.4 Å². The molecule has 4 heteroatoms. The van der Waals surface area contributed by atoms with Gasteiger partial charge in [0, 0.05) is 13.0 Å². The number of ether oxygens (including phenoxy) is 2. The Hall–Kier alpha value is -1.13. The highest BCUT2D eigenvalue weighted by Crippen LogP contribution is 2.16. The first-order chi connectivity index (χ1) is 24.2. The molecule has 0 aliphatic carbocycles. The summed E-state index contributed by atoms with van der Waals surface area (Å²) in [4.78, 5) is 12.2. The predicted octanol–water partition coefficient (Wildman–Crippen LogP) is 14.3. The second-order valence-electron chi connectivity index (χ2n) is 14.8. The van der Waals surface area contributed by atoms with Gasteiger partial charge < -0.3 is 14.6 Å². The van der Waals surface area contributed by atoms with Gasteiger partial charge in [0.1, 0.15) is 6.10 Å². The quantitative estimate of drug-likeness (QED) is 0.0394. The van der Waals surface area contributed by atoms with Gasteiger partial charge >= 0.3 is 5.97 Å². The molecule has 0 saturated heterocycles. The number of rotatable bonds is 41. The van der Waals surface area contributed by atoms with Crippen LogP contribution in [0.25, 0.3) is 0 Å². The van der Waals surface area contributed by atoms with Gasteiger partial charge in [0.05, 0.1) is 13.2 Å². The van der Waals surface area contributed by atoms with Crippen molar-refractivity contribution in [2.45, 2.75) is 238 Å². The van der Waals surface area contributed by atoms with Crippen molar-refractivity contribution in [3.05, 3.63) is 24.3 Å². The molecule has 1 N–H and O–H groups in total. The molecular weight excluding hydrogens is 604 g/mol. The topological polar surface area (TPSA) is 55.8 Å². The Balaban J connectivity index is 3.39. The van der Waals surface area contributed by atoms with Crippen LogP contribution in [0.1, 0.15) is 232 Å². The Morgan fingerprint density at radius 3 is 1.31 bits per heavy atom. The standard InChI is InChI=1S/C45H86O4/c1-3-5-7-9-11-13-15-17-19-21-22-23-24-25-26-28-30-32-34-36-38-40-45(47)49-44(42-46)43-48-41-39-37-35-33-31-29-27-20-18-16-14-12-10-8-6-4-2/h12,14,18,20,44,46H,3-11,13,15-17,19,21-43H2,1-2H3/b14-12-,20-18-. The van der Waals surface area contributed by atoms with Crippen molar-refractivity contribution in [2.75, 3.05) is 19.8 Å². The smallest absolute Gasteiger partial charge is 0.306 e. The maximum atomic E-state index is 12.2. The Bertz CT molecular complexity index is 688. The van der Waals surface area contributed by atoms with Crippen LogP contribution < -0.4 is 0 Å². The van der Waals surface area contributed by atoms with Crippen molar-refractivity contribution in [3.8, 4) is 0 Å². The van der Waals surface area contributed by atoms with E-state index in [1.807, 2.05) is 0 Å². The minimum Gasteiger partial charge on any atom is -0.457 e. The van der Waals surface area contributed by atoms with Gasteiger partial charge in [-0.25, -0.2) is 0 Å². The average molecular weight is 691 g/mol. The molecular formula is C45H86O4. The van der Waals surface area contributed by atoms with Crippen molar-refractivity contribution >= 4 is 5.97 Å². The lowest BCUT2D eigenvalue weighted by molar-refractivity contribution is -0.154. The van der Waals surface area contributed by atoms with Crippen LogP contribution in [0.15, 0.2) is 24.3 Å². The molecule has 1 unspecified atom stereocenters. The summed E-state index contributed by atoms with van der Waals surface area (Å²) in [5.41, 5.74) is 0. The van der Waals surface area contributed by atoms with Crippen LogP contribution in [0.4, 0.5) is 0 Å². The third kappa shape index (κ3) is 41.2. The molecule has 0 rings (SSSR count). The summed E-state index contributed by atoms with van der Waals surface area (Å²) in [5, 5.41) is 9.60. The van der Waals surface area contributed by atoms with Crippen LogP contribution in [0, 0.1) is 0 Å². The van der Waals surface area contributed by atoms with E-state index in [9.17, 15) is 9.90 Å². The predicted molar refractivity (Wildman–Crippen MR) is 214 cm³/mol. The molecule has 1 atom stereocenters. The first kappa shape index (κ1) is 47.9. The van der Waals surface area contributed by atoms with Crippen molar-refractivity contribution in [3.63, 3.8) is 0 Å². The van der Waals surface area contributed by atoms with Crippen LogP contribution >= 0.6 is 0 Å². The first-order valence-electron chi connectivity index (χ1n) is 21.9. The first-order valence-corrected chi connectivity index (χ1v) is 21.9. The zero-order chi connectivity index (χ0) is 35.6. The van der Waals surface area contributed by atoms with Gasteiger partial charge in [0.15, 0.2) is 0 Å². The number of hydrogen-bond donors (Lipinski definition) is 1. The molecule has 0 bridgehead atoms. The number of esters is 1. The molecule has 0 spiro atoms. The van der Waals surface area contributed by atoms with Crippen LogP contribution in [0.5, 0.6) is 0 Å². The fourth-order valence-corrected chi connectivity index (χ4v) is 6.48. The van der Waals surface area contributed by atoms with E-state index >= 15 is 0 Å². The van der Waals surface area contributed by atoms with Crippen molar-refractivity contribution in [1.82, 2.24) is 0 Å². The maximum Gasteiger partial charge on any atom is 0.306 e. The molecule has 0 aromatic heterocycles. The SMILES string of the molecule is CCCCC/C=C\C/C=C\CCCCCCCCOCC(CO)OC(=O)CCCCCCCCCCCCCCCCCCCCCCC. The monoisotopic (exact) mass is 691 g/mol. The maximum absolute atomic E-state index is 12.2. The van der Waals surface area contributed by atoms with E-state index in [2.05, 4.69) is 38.2 Å². The molecule has 290 valence electrons. The summed E-state index contributed by atoms with van der Waals surface area (Å²) in [7, 11) is 0. The van der Waals surface area contributed by atoms with E-state index in [-0.39, 0.29) is 12.6 Å². The normalized spacial score (nSPS) is 12.5. The van der Waals surface area contributed by atoms with Gasteiger partial charge in [-0.3, -0.25) is 4.79 Å². The van der Waals surface area contributed by atoms with Gasteiger partial charge in [-0.2, -0.15) is 0 Å². The lowest BCUT2D eigenvalue weighted by Gasteiger charge is -2.15. The van der Waals surface area contributed by atoms with Crippen LogP contribution in [0.2, 0.25) is 0 Å². The average Bonchev–Trinajstić information content (AvgIpc) is 3.11. The molecule has 0 aliphatic heterocycles. The van der Waals surface area contributed by atoms with Gasteiger partial charge in [0.25, 0.3) is 0 Å². The number of unbranched alkanes of at least 4 members (excludes halogenated alkanes) is 29. The van der Waals surface area contributed by atoms with E-state index in [4.69, 9.17) is 9.47 Å². The van der Waals surface area contributed by atoms with Gasteiger partial charge in [-0.1, -0.05) is 205 Å². The van der Waals surface area contributed by atoms with Crippen LogP contribution in [0.3, 0.4) is 0 Å². The Kier molecular flexibility index (Phi) is 42.0. The fraction of sp³-hybridized carbons (Fsp3) is 0.889.